The minimum atomic E-state index is -0.00696. The third kappa shape index (κ3) is 2.95. The maximum absolute atomic E-state index is 13.1. The quantitative estimate of drug-likeness (QED) is 0.618. The largest absolute Gasteiger partial charge is 0.632 e. The van der Waals surface area contributed by atoms with Crippen LogP contribution < -0.4 is 0 Å². The molecular weight excluding hydrogens is 284 g/mol. The summed E-state index contributed by atoms with van der Waals surface area (Å²) in [5.74, 6) is 0. The number of piperidine rings is 1. The van der Waals surface area contributed by atoms with Gasteiger partial charge >= 0.3 is 0 Å². The van der Waals surface area contributed by atoms with E-state index in [9.17, 15) is 5.21 Å². The SMILES string of the molecule is CC(c1ccc2c(c1)CCN(C1CCC1)C2)[N+]1([O-])CCCCC1. The zero-order valence-corrected chi connectivity index (χ0v) is 14.5. The maximum Gasteiger partial charge on any atom is 0.112 e. The van der Waals surface area contributed by atoms with Crippen molar-refractivity contribution in [3.63, 3.8) is 0 Å². The van der Waals surface area contributed by atoms with Crippen molar-refractivity contribution in [1.82, 2.24) is 4.90 Å². The second kappa shape index (κ2) is 6.19. The molecule has 1 saturated heterocycles. The highest BCUT2D eigenvalue weighted by Crippen LogP contribution is 2.35. The molecule has 1 unspecified atom stereocenters. The number of quaternary nitrogens is 1. The van der Waals surface area contributed by atoms with Crippen LogP contribution >= 0.6 is 0 Å². The zero-order valence-electron chi connectivity index (χ0n) is 14.5. The van der Waals surface area contributed by atoms with Gasteiger partial charge in [-0.2, -0.15) is 0 Å². The third-order valence-electron chi connectivity index (χ3n) is 6.62. The summed E-state index contributed by atoms with van der Waals surface area (Å²) in [4.78, 5) is 2.67. The van der Waals surface area contributed by atoms with E-state index in [1.54, 1.807) is 0 Å². The molecule has 2 aliphatic heterocycles. The number of hydrogen-bond donors (Lipinski definition) is 0. The average Bonchev–Trinajstić information content (AvgIpc) is 2.53. The molecule has 1 aromatic carbocycles. The number of hydroxylamine groups is 3. The minimum Gasteiger partial charge on any atom is -0.632 e. The summed E-state index contributed by atoms with van der Waals surface area (Å²) in [6.07, 6.45) is 8.76. The van der Waals surface area contributed by atoms with E-state index < -0.39 is 0 Å². The lowest BCUT2D eigenvalue weighted by molar-refractivity contribution is -0.914. The van der Waals surface area contributed by atoms with Crippen LogP contribution in [0.4, 0.5) is 0 Å². The molecule has 0 bridgehead atoms. The molecule has 2 fully saturated rings. The van der Waals surface area contributed by atoms with Crippen LogP contribution in [-0.4, -0.2) is 35.2 Å². The van der Waals surface area contributed by atoms with E-state index in [-0.39, 0.29) is 10.7 Å². The fourth-order valence-electron chi connectivity index (χ4n) is 4.62. The smallest absolute Gasteiger partial charge is 0.112 e. The molecule has 23 heavy (non-hydrogen) atoms. The third-order valence-corrected chi connectivity index (χ3v) is 6.62. The molecule has 3 nitrogen and oxygen atoms in total. The van der Waals surface area contributed by atoms with E-state index in [0.717, 1.165) is 44.9 Å². The molecule has 0 aromatic heterocycles. The van der Waals surface area contributed by atoms with Crippen molar-refractivity contribution >= 4 is 0 Å². The predicted molar refractivity (Wildman–Crippen MR) is 93.8 cm³/mol. The summed E-state index contributed by atoms with van der Waals surface area (Å²) in [5.41, 5.74) is 4.25. The van der Waals surface area contributed by atoms with Gasteiger partial charge in [0.2, 0.25) is 0 Å². The fraction of sp³-hybridized carbons (Fsp3) is 0.700. The van der Waals surface area contributed by atoms with Gasteiger partial charge in [0, 0.05) is 24.7 Å². The Morgan fingerprint density at radius 1 is 1.09 bits per heavy atom. The van der Waals surface area contributed by atoms with Crippen LogP contribution in [0.25, 0.3) is 0 Å². The molecule has 0 radical (unpaired) electrons. The van der Waals surface area contributed by atoms with Crippen molar-refractivity contribution in [2.75, 3.05) is 19.6 Å². The van der Waals surface area contributed by atoms with Crippen LogP contribution in [-0.2, 0) is 13.0 Å². The molecule has 2 heterocycles. The number of nitrogens with zero attached hydrogens (tertiary/aromatic N) is 2. The van der Waals surface area contributed by atoms with Gasteiger partial charge in [0.15, 0.2) is 0 Å². The molecule has 0 N–H and O–H groups in total. The molecule has 126 valence electrons. The average molecular weight is 314 g/mol. The summed E-state index contributed by atoms with van der Waals surface area (Å²) in [6, 6.07) is 7.82. The summed E-state index contributed by atoms with van der Waals surface area (Å²) in [6.45, 7) is 6.06. The Morgan fingerprint density at radius 2 is 1.87 bits per heavy atom. The molecular formula is C20H30N2O. The normalized spacial score (nSPS) is 26.3. The van der Waals surface area contributed by atoms with E-state index in [2.05, 4.69) is 30.0 Å². The van der Waals surface area contributed by atoms with E-state index >= 15 is 0 Å². The summed E-state index contributed by atoms with van der Waals surface area (Å²) >= 11 is 0. The van der Waals surface area contributed by atoms with Crippen molar-refractivity contribution in [1.29, 1.82) is 0 Å². The van der Waals surface area contributed by atoms with Gasteiger partial charge in [-0.05, 0) is 62.6 Å². The van der Waals surface area contributed by atoms with Crippen molar-refractivity contribution in [2.24, 2.45) is 0 Å². The highest BCUT2D eigenvalue weighted by atomic mass is 16.5. The maximum atomic E-state index is 13.1. The van der Waals surface area contributed by atoms with Gasteiger partial charge in [0.05, 0.1) is 13.1 Å². The highest BCUT2D eigenvalue weighted by Gasteiger charge is 2.31. The Bertz CT molecular complexity index is 561. The number of hydrogen-bond acceptors (Lipinski definition) is 2. The van der Waals surface area contributed by atoms with Gasteiger partial charge < -0.3 is 9.85 Å². The second-order valence-corrected chi connectivity index (χ2v) is 7.97. The first-order chi connectivity index (χ1) is 11.2. The molecule has 4 rings (SSSR count). The Hall–Kier alpha value is -0.900. The Labute approximate surface area is 140 Å². The standard InChI is InChI=1S/C20H30N2O/c1-16(22(23)12-3-2-4-13-22)17-8-9-19-15-21(20-6-5-7-20)11-10-18(19)14-17/h8-9,14,16,20H,2-7,10-13,15H2,1H3. The van der Waals surface area contributed by atoms with Crippen LogP contribution in [0.15, 0.2) is 18.2 Å². The van der Waals surface area contributed by atoms with Gasteiger partial charge in [0.1, 0.15) is 6.04 Å². The van der Waals surface area contributed by atoms with E-state index in [1.165, 1.54) is 48.9 Å². The van der Waals surface area contributed by atoms with Gasteiger partial charge in [-0.1, -0.05) is 18.6 Å². The lowest BCUT2D eigenvalue weighted by Crippen LogP contribution is -2.48. The molecule has 1 aliphatic carbocycles. The fourth-order valence-corrected chi connectivity index (χ4v) is 4.62. The molecule has 1 aromatic rings. The first-order valence-corrected chi connectivity index (χ1v) is 9.59. The van der Waals surface area contributed by atoms with Crippen molar-refractivity contribution in [3.8, 4) is 0 Å². The number of likely N-dealkylation sites (tertiary alicyclic amines) is 1. The molecule has 3 aliphatic rings. The van der Waals surface area contributed by atoms with Crippen molar-refractivity contribution in [2.45, 2.75) is 70.5 Å². The lowest BCUT2D eigenvalue weighted by Gasteiger charge is -2.50. The first kappa shape index (κ1) is 15.6. The summed E-state index contributed by atoms with van der Waals surface area (Å²) in [7, 11) is 0. The topological polar surface area (TPSA) is 26.3 Å². The van der Waals surface area contributed by atoms with Crippen LogP contribution in [0, 0.1) is 5.21 Å². The van der Waals surface area contributed by atoms with Crippen LogP contribution in [0.5, 0.6) is 0 Å². The zero-order chi connectivity index (χ0) is 15.9. The molecule has 1 atom stereocenters. The van der Waals surface area contributed by atoms with Gasteiger partial charge in [-0.3, -0.25) is 4.90 Å². The van der Waals surface area contributed by atoms with Gasteiger partial charge in [-0.25, -0.2) is 0 Å². The monoisotopic (exact) mass is 314 g/mol. The number of rotatable bonds is 3. The van der Waals surface area contributed by atoms with Crippen molar-refractivity contribution in [3.05, 3.63) is 40.1 Å². The van der Waals surface area contributed by atoms with Crippen LogP contribution in [0.2, 0.25) is 0 Å². The molecule has 0 amide bonds. The van der Waals surface area contributed by atoms with E-state index in [0.29, 0.717) is 0 Å². The summed E-state index contributed by atoms with van der Waals surface area (Å²) < 4.78 is -0.00696. The van der Waals surface area contributed by atoms with Crippen LogP contribution in [0.3, 0.4) is 0 Å². The van der Waals surface area contributed by atoms with E-state index in [1.807, 2.05) is 0 Å². The number of fused-ring (bicyclic) bond motifs is 1. The second-order valence-electron chi connectivity index (χ2n) is 7.97. The first-order valence-electron chi connectivity index (χ1n) is 9.59. The predicted octanol–water partition coefficient (Wildman–Crippen LogP) is 4.16. The van der Waals surface area contributed by atoms with Crippen molar-refractivity contribution < 1.29 is 4.65 Å². The van der Waals surface area contributed by atoms with Crippen LogP contribution in [0.1, 0.15) is 68.2 Å². The van der Waals surface area contributed by atoms with E-state index in [4.69, 9.17) is 0 Å². The minimum absolute atomic E-state index is 0.00696. The van der Waals surface area contributed by atoms with Gasteiger partial charge in [0.25, 0.3) is 0 Å². The lowest BCUT2D eigenvalue weighted by atomic mass is 9.88. The Kier molecular flexibility index (Phi) is 4.21. The molecule has 1 saturated carbocycles. The summed E-state index contributed by atoms with van der Waals surface area (Å²) in [5, 5.41) is 13.1. The van der Waals surface area contributed by atoms with Gasteiger partial charge in [-0.15, -0.1) is 0 Å². The highest BCUT2D eigenvalue weighted by molar-refractivity contribution is 5.35. The Balaban J connectivity index is 1.51. The molecule has 0 spiro atoms. The molecule has 3 heteroatoms. The number of benzene rings is 1. The Morgan fingerprint density at radius 3 is 2.57 bits per heavy atom.